The van der Waals surface area contributed by atoms with Gasteiger partial charge < -0.3 is 34.4 Å². The van der Waals surface area contributed by atoms with Gasteiger partial charge in [-0.3, -0.25) is 23.2 Å². The summed E-state index contributed by atoms with van der Waals surface area (Å²) in [5, 5.41) is 19.7. The molecular weight excluding hydrogens is 814 g/mol. The smallest absolute Gasteiger partial charge is 0.462 e. The standard InChI is InChI=1S/C44H72O14P2/c1-3-5-7-9-11-12-13-14-15-16-17-18-23-27-31-35-44(48)58-42(39-57-60(52,53)56-37-41(46)36-55-59(49,50)51)38-54-43(47)34-30-26-22-20-19-21-25-29-33-40(45)32-28-24-10-8-6-4-2/h5-8,11-12,14-15,20-22,24-25,28-29,33,40-42,45-46H,3-4,9-10,13,16-19,23,26-27,30-32,34-39H2,1-2H3,(H,52,53)(H2,49,50,51)/b7-5-,8-6-,12-11-,15-14-,22-20-,25-21-,28-24-,33-29+/t40?,41-,42+/m0/s1. The number of unbranched alkanes of at least 4 members (excludes halogenated alkanes) is 6. The number of carbonyl (C=O) groups is 2. The first-order valence-corrected chi connectivity index (χ1v) is 24.1. The molecule has 5 N–H and O–H groups in total. The van der Waals surface area contributed by atoms with Crippen LogP contribution in [-0.2, 0) is 41.8 Å². The van der Waals surface area contributed by atoms with E-state index in [2.05, 4.69) is 71.5 Å². The zero-order valence-corrected chi connectivity index (χ0v) is 37.4. The van der Waals surface area contributed by atoms with Crippen LogP contribution in [0.1, 0.15) is 123 Å². The molecular formula is C44H72O14P2. The van der Waals surface area contributed by atoms with Crippen molar-refractivity contribution in [3.8, 4) is 0 Å². The second kappa shape index (κ2) is 38.9. The molecule has 0 rings (SSSR count). The van der Waals surface area contributed by atoms with Crippen LogP contribution < -0.4 is 0 Å². The van der Waals surface area contributed by atoms with E-state index in [-0.39, 0.29) is 12.8 Å². The first-order valence-electron chi connectivity index (χ1n) is 21.0. The van der Waals surface area contributed by atoms with Gasteiger partial charge in [-0.15, -0.1) is 0 Å². The minimum absolute atomic E-state index is 0.0750. The summed E-state index contributed by atoms with van der Waals surface area (Å²) in [6.07, 6.45) is 41.5. The second-order valence-corrected chi connectivity index (χ2v) is 16.4. The normalized spacial score (nSPS) is 15.5. The Labute approximate surface area is 358 Å². The quantitative estimate of drug-likeness (QED) is 0.0128. The van der Waals surface area contributed by atoms with Gasteiger partial charge >= 0.3 is 27.6 Å². The van der Waals surface area contributed by atoms with Crippen LogP contribution in [0.15, 0.2) is 97.2 Å². The van der Waals surface area contributed by atoms with Crippen LogP contribution in [0.3, 0.4) is 0 Å². The fourth-order valence-electron chi connectivity index (χ4n) is 4.89. The average molecular weight is 887 g/mol. The molecule has 4 atom stereocenters. The first kappa shape index (κ1) is 57.0. The molecule has 0 amide bonds. The van der Waals surface area contributed by atoms with E-state index in [0.717, 1.165) is 64.2 Å². The summed E-state index contributed by atoms with van der Waals surface area (Å²) in [6, 6.07) is 0. The van der Waals surface area contributed by atoms with E-state index < -0.39 is 72.3 Å². The maximum absolute atomic E-state index is 12.6. The maximum Gasteiger partial charge on any atom is 0.472 e. The van der Waals surface area contributed by atoms with Crippen molar-refractivity contribution in [3.63, 3.8) is 0 Å². The zero-order valence-electron chi connectivity index (χ0n) is 35.6. The SMILES string of the molecule is CC/C=C\C/C=C\C/C=C\CCCCCCCC(=O)O[C@H](COC(=O)CCC/C=C\C/C=C\C=C\C(O)C/C=C\C/C=C\CC)COP(=O)(O)OC[C@@H](O)COP(=O)(O)O. The molecule has 0 aromatic rings. The lowest BCUT2D eigenvalue weighted by Gasteiger charge is -2.20. The summed E-state index contributed by atoms with van der Waals surface area (Å²) in [4.78, 5) is 52.6. The highest BCUT2D eigenvalue weighted by Gasteiger charge is 2.28. The van der Waals surface area contributed by atoms with Crippen molar-refractivity contribution in [2.75, 3.05) is 26.4 Å². The molecule has 0 bridgehead atoms. The van der Waals surface area contributed by atoms with Gasteiger partial charge in [-0.1, -0.05) is 130 Å². The lowest BCUT2D eigenvalue weighted by molar-refractivity contribution is -0.161. The van der Waals surface area contributed by atoms with Gasteiger partial charge in [0.15, 0.2) is 6.10 Å². The molecule has 0 aliphatic heterocycles. The molecule has 0 heterocycles. The van der Waals surface area contributed by atoms with Crippen molar-refractivity contribution in [2.24, 2.45) is 0 Å². The Morgan fingerprint density at radius 2 is 1.07 bits per heavy atom. The minimum Gasteiger partial charge on any atom is -0.462 e. The number of allylic oxidation sites excluding steroid dienone is 14. The molecule has 0 saturated heterocycles. The monoisotopic (exact) mass is 886 g/mol. The number of carbonyl (C=O) groups excluding carboxylic acids is 2. The van der Waals surface area contributed by atoms with Crippen molar-refractivity contribution in [1.29, 1.82) is 0 Å². The highest BCUT2D eigenvalue weighted by atomic mass is 31.2. The van der Waals surface area contributed by atoms with Crippen LogP contribution in [0.2, 0.25) is 0 Å². The Hall–Kier alpha value is -3.00. The molecule has 0 radical (unpaired) electrons. The predicted molar refractivity (Wildman–Crippen MR) is 236 cm³/mol. The van der Waals surface area contributed by atoms with Crippen molar-refractivity contribution >= 4 is 27.6 Å². The molecule has 14 nitrogen and oxygen atoms in total. The molecule has 2 unspecified atom stereocenters. The van der Waals surface area contributed by atoms with Gasteiger partial charge in [0.05, 0.1) is 25.9 Å². The van der Waals surface area contributed by atoms with Crippen LogP contribution in [0, 0.1) is 0 Å². The third kappa shape index (κ3) is 41.7. The zero-order chi connectivity index (χ0) is 44.6. The predicted octanol–water partition coefficient (Wildman–Crippen LogP) is 9.53. The summed E-state index contributed by atoms with van der Waals surface area (Å²) >= 11 is 0. The van der Waals surface area contributed by atoms with Crippen LogP contribution in [-0.4, -0.2) is 81.6 Å². The molecule has 0 fully saturated rings. The number of hydrogen-bond donors (Lipinski definition) is 5. The summed E-state index contributed by atoms with van der Waals surface area (Å²) in [7, 11) is -9.72. The minimum atomic E-state index is -4.88. The Morgan fingerprint density at radius 3 is 1.72 bits per heavy atom. The van der Waals surface area contributed by atoms with E-state index in [0.29, 0.717) is 32.1 Å². The third-order valence-electron chi connectivity index (χ3n) is 8.04. The topological polar surface area (TPSA) is 216 Å². The largest absolute Gasteiger partial charge is 0.472 e. The molecule has 16 heteroatoms. The molecule has 0 aliphatic carbocycles. The fourth-order valence-corrected chi connectivity index (χ4v) is 6.05. The van der Waals surface area contributed by atoms with Gasteiger partial charge in [0, 0.05) is 12.8 Å². The van der Waals surface area contributed by atoms with Gasteiger partial charge in [-0.25, -0.2) is 9.13 Å². The van der Waals surface area contributed by atoms with Crippen LogP contribution in [0.25, 0.3) is 0 Å². The number of ether oxygens (including phenoxy) is 2. The lowest BCUT2D eigenvalue weighted by Crippen LogP contribution is -2.30. The van der Waals surface area contributed by atoms with E-state index in [1.807, 2.05) is 36.5 Å². The first-order chi connectivity index (χ1) is 28.8. The molecule has 0 aliphatic rings. The van der Waals surface area contributed by atoms with Gasteiger partial charge in [-0.05, 0) is 77.0 Å². The van der Waals surface area contributed by atoms with Crippen LogP contribution in [0.5, 0.6) is 0 Å². The molecule has 342 valence electrons. The lowest BCUT2D eigenvalue weighted by atomic mass is 10.1. The second-order valence-electron chi connectivity index (χ2n) is 13.7. The summed E-state index contributed by atoms with van der Waals surface area (Å²) in [6.45, 7) is 1.33. The highest BCUT2D eigenvalue weighted by Crippen LogP contribution is 2.43. The summed E-state index contributed by atoms with van der Waals surface area (Å²) in [5.74, 6) is -1.17. The van der Waals surface area contributed by atoms with Crippen molar-refractivity contribution < 1.29 is 66.7 Å². The number of esters is 2. The number of hydrogen-bond acceptors (Lipinski definition) is 11. The van der Waals surface area contributed by atoms with Gasteiger partial charge in [-0.2, -0.15) is 0 Å². The van der Waals surface area contributed by atoms with Crippen molar-refractivity contribution in [2.45, 2.75) is 141 Å². The van der Waals surface area contributed by atoms with Crippen molar-refractivity contribution in [1.82, 2.24) is 0 Å². The molecule has 0 aromatic heterocycles. The Balaban J connectivity index is 4.73. The van der Waals surface area contributed by atoms with E-state index in [1.54, 1.807) is 12.2 Å². The Morgan fingerprint density at radius 1 is 0.550 bits per heavy atom. The Kier molecular flexibility index (Phi) is 36.9. The third-order valence-corrected chi connectivity index (χ3v) is 9.47. The number of phosphoric acid groups is 2. The van der Waals surface area contributed by atoms with Gasteiger partial charge in [0.25, 0.3) is 0 Å². The molecule has 0 saturated carbocycles. The molecule has 0 aromatic carbocycles. The summed E-state index contributed by atoms with van der Waals surface area (Å²) < 4.78 is 47.6. The van der Waals surface area contributed by atoms with Gasteiger partial charge in [0.1, 0.15) is 12.7 Å². The fraction of sp³-hybridized carbons (Fsp3) is 0.591. The average Bonchev–Trinajstić information content (AvgIpc) is 3.20. The van der Waals surface area contributed by atoms with Crippen molar-refractivity contribution in [3.05, 3.63) is 97.2 Å². The molecule has 0 spiro atoms. The van der Waals surface area contributed by atoms with E-state index in [9.17, 15) is 33.8 Å². The van der Waals surface area contributed by atoms with E-state index >= 15 is 0 Å². The van der Waals surface area contributed by atoms with Crippen LogP contribution in [0.4, 0.5) is 0 Å². The number of rotatable bonds is 38. The van der Waals surface area contributed by atoms with Crippen LogP contribution >= 0.6 is 15.6 Å². The number of aliphatic hydroxyl groups excluding tert-OH is 2. The molecule has 60 heavy (non-hydrogen) atoms. The number of aliphatic hydroxyl groups is 2. The van der Waals surface area contributed by atoms with Gasteiger partial charge in [0.2, 0.25) is 0 Å². The number of phosphoric ester groups is 2. The maximum atomic E-state index is 12.6. The highest BCUT2D eigenvalue weighted by molar-refractivity contribution is 7.47. The Bertz CT molecular complexity index is 1440. The summed E-state index contributed by atoms with van der Waals surface area (Å²) in [5.41, 5.74) is 0. The van der Waals surface area contributed by atoms with E-state index in [4.69, 9.17) is 23.8 Å². The van der Waals surface area contributed by atoms with E-state index in [1.165, 1.54) is 0 Å².